The van der Waals surface area contributed by atoms with Crippen molar-refractivity contribution in [3.63, 3.8) is 0 Å². The summed E-state index contributed by atoms with van der Waals surface area (Å²) < 4.78 is 0. The number of carboxylic acids is 1. The predicted molar refractivity (Wildman–Crippen MR) is 88.2 cm³/mol. The summed E-state index contributed by atoms with van der Waals surface area (Å²) in [6.45, 7) is 3.93. The van der Waals surface area contributed by atoms with E-state index in [9.17, 15) is 14.4 Å². The number of fused-ring (bicyclic) bond motifs is 1. The van der Waals surface area contributed by atoms with Crippen LogP contribution in [0.5, 0.6) is 0 Å². The van der Waals surface area contributed by atoms with Gasteiger partial charge in [-0.1, -0.05) is 6.42 Å². The number of aryl methyl sites for hydroxylation is 2. The van der Waals surface area contributed by atoms with Crippen LogP contribution in [0.25, 0.3) is 10.2 Å². The molecule has 8 heteroatoms. The van der Waals surface area contributed by atoms with E-state index in [4.69, 9.17) is 5.11 Å². The molecule has 7 nitrogen and oxygen atoms in total. The Kier molecular flexibility index (Phi) is 5.49. The highest BCUT2D eigenvalue weighted by molar-refractivity contribution is 7.20. The number of aromatic nitrogens is 2. The molecule has 0 saturated heterocycles. The lowest BCUT2D eigenvalue weighted by Crippen LogP contribution is -2.24. The Balaban J connectivity index is 1.99. The molecule has 0 fully saturated rings. The van der Waals surface area contributed by atoms with Crippen LogP contribution in [-0.4, -0.2) is 33.5 Å². The molecule has 0 saturated carbocycles. The molecule has 1 amide bonds. The molecule has 3 N–H and O–H groups in total. The van der Waals surface area contributed by atoms with Crippen LogP contribution in [0, 0.1) is 13.8 Å². The van der Waals surface area contributed by atoms with Crippen molar-refractivity contribution < 1.29 is 14.7 Å². The number of unbranched alkanes of at least 4 members (excludes halogenated alkanes) is 2. The molecule has 0 bridgehead atoms. The zero-order valence-electron chi connectivity index (χ0n) is 13.1. The van der Waals surface area contributed by atoms with Crippen LogP contribution in [0.4, 0.5) is 0 Å². The maximum absolute atomic E-state index is 12.2. The molecule has 0 aromatic carbocycles. The molecule has 2 aromatic rings. The molecule has 0 atom stereocenters. The highest BCUT2D eigenvalue weighted by Crippen LogP contribution is 2.26. The zero-order chi connectivity index (χ0) is 17.0. The summed E-state index contributed by atoms with van der Waals surface area (Å²) >= 11 is 1.21. The number of carbonyl (C=O) groups is 2. The number of hydrogen-bond donors (Lipinski definition) is 3. The van der Waals surface area contributed by atoms with Crippen molar-refractivity contribution in [1.82, 2.24) is 15.3 Å². The van der Waals surface area contributed by atoms with E-state index < -0.39 is 5.97 Å². The third-order valence-electron chi connectivity index (χ3n) is 3.48. The van der Waals surface area contributed by atoms with Crippen LogP contribution in [0.15, 0.2) is 4.79 Å². The maximum Gasteiger partial charge on any atom is 0.303 e. The summed E-state index contributed by atoms with van der Waals surface area (Å²) in [4.78, 5) is 42.6. The summed E-state index contributed by atoms with van der Waals surface area (Å²) in [6.07, 6.45) is 2.22. The Hall–Kier alpha value is -2.22. The highest BCUT2D eigenvalue weighted by atomic mass is 32.1. The summed E-state index contributed by atoms with van der Waals surface area (Å²) in [7, 11) is 0. The Labute approximate surface area is 136 Å². The number of aliphatic carboxylic acids is 1. The van der Waals surface area contributed by atoms with E-state index in [1.807, 2.05) is 0 Å². The Bertz CT molecular complexity index is 794. The van der Waals surface area contributed by atoms with Crippen LogP contribution in [0.2, 0.25) is 0 Å². The minimum atomic E-state index is -0.803. The first-order valence-electron chi connectivity index (χ1n) is 7.40. The number of aromatic amines is 1. The molecule has 0 spiro atoms. The standard InChI is InChI=1S/C15H19N3O4S/c1-8-11-13(21)17-9(2)18-15(11)23-12(8)14(22)16-7-5-3-4-6-10(19)20/h3-7H2,1-2H3,(H,16,22)(H,19,20)(H,17,18,21). The number of carbonyl (C=O) groups excluding carboxylic acids is 1. The average molecular weight is 337 g/mol. The van der Waals surface area contributed by atoms with Gasteiger partial charge in [-0.05, 0) is 32.3 Å². The number of H-pyrrole nitrogens is 1. The molecule has 124 valence electrons. The molecule has 0 unspecified atom stereocenters. The molecule has 0 aliphatic rings. The van der Waals surface area contributed by atoms with E-state index in [0.29, 0.717) is 39.4 Å². The monoisotopic (exact) mass is 337 g/mol. The summed E-state index contributed by atoms with van der Waals surface area (Å²) in [5, 5.41) is 11.8. The number of nitrogens with zero attached hydrogens (tertiary/aromatic N) is 1. The van der Waals surface area contributed by atoms with Crippen molar-refractivity contribution in [3.05, 3.63) is 26.6 Å². The second-order valence-corrected chi connectivity index (χ2v) is 6.35. The Morgan fingerprint density at radius 2 is 2.00 bits per heavy atom. The van der Waals surface area contributed by atoms with Crippen molar-refractivity contribution in [2.75, 3.05) is 6.54 Å². The van der Waals surface area contributed by atoms with E-state index in [0.717, 1.165) is 12.8 Å². The Morgan fingerprint density at radius 1 is 1.26 bits per heavy atom. The van der Waals surface area contributed by atoms with Gasteiger partial charge < -0.3 is 15.4 Å². The number of rotatable bonds is 7. The van der Waals surface area contributed by atoms with Crippen molar-refractivity contribution in [2.24, 2.45) is 0 Å². The van der Waals surface area contributed by atoms with Gasteiger partial charge >= 0.3 is 5.97 Å². The number of amides is 1. The summed E-state index contributed by atoms with van der Waals surface area (Å²) in [5.74, 6) is -0.502. The first kappa shape index (κ1) is 17.1. The summed E-state index contributed by atoms with van der Waals surface area (Å²) in [6, 6.07) is 0. The molecule has 0 radical (unpaired) electrons. The number of carboxylic acid groups (broad SMARTS) is 1. The third kappa shape index (κ3) is 4.16. The van der Waals surface area contributed by atoms with E-state index in [2.05, 4.69) is 15.3 Å². The van der Waals surface area contributed by atoms with Crippen molar-refractivity contribution in [3.8, 4) is 0 Å². The molecule has 23 heavy (non-hydrogen) atoms. The molecule has 0 aliphatic carbocycles. The molecule has 2 heterocycles. The number of hydrogen-bond acceptors (Lipinski definition) is 5. The van der Waals surface area contributed by atoms with Gasteiger partial charge in [0.05, 0.1) is 10.3 Å². The van der Waals surface area contributed by atoms with E-state index in [-0.39, 0.29) is 17.9 Å². The molecular formula is C15H19N3O4S. The van der Waals surface area contributed by atoms with Gasteiger partial charge in [0.2, 0.25) is 0 Å². The van der Waals surface area contributed by atoms with Crippen molar-refractivity contribution in [1.29, 1.82) is 0 Å². The number of thiophene rings is 1. The largest absolute Gasteiger partial charge is 0.481 e. The SMILES string of the molecule is Cc1nc2sc(C(=O)NCCCCCC(=O)O)c(C)c2c(=O)[nH]1. The van der Waals surface area contributed by atoms with Gasteiger partial charge in [0.15, 0.2) is 0 Å². The zero-order valence-corrected chi connectivity index (χ0v) is 13.9. The van der Waals surface area contributed by atoms with E-state index >= 15 is 0 Å². The van der Waals surface area contributed by atoms with Crippen LogP contribution >= 0.6 is 11.3 Å². The first-order valence-corrected chi connectivity index (χ1v) is 8.22. The lowest BCUT2D eigenvalue weighted by molar-refractivity contribution is -0.137. The fraction of sp³-hybridized carbons (Fsp3) is 0.467. The maximum atomic E-state index is 12.2. The van der Waals surface area contributed by atoms with Crippen molar-refractivity contribution in [2.45, 2.75) is 39.5 Å². The quantitative estimate of drug-likeness (QED) is 0.669. The average Bonchev–Trinajstić information content (AvgIpc) is 2.79. The second-order valence-electron chi connectivity index (χ2n) is 5.35. The topological polar surface area (TPSA) is 112 Å². The van der Waals surface area contributed by atoms with Crippen LogP contribution < -0.4 is 10.9 Å². The van der Waals surface area contributed by atoms with Gasteiger partial charge in [-0.15, -0.1) is 11.3 Å². The molecule has 0 aliphatic heterocycles. The molecule has 2 aromatic heterocycles. The fourth-order valence-corrected chi connectivity index (χ4v) is 3.47. The third-order valence-corrected chi connectivity index (χ3v) is 4.66. The lowest BCUT2D eigenvalue weighted by atomic mass is 10.2. The second kappa shape index (κ2) is 7.36. The lowest BCUT2D eigenvalue weighted by Gasteiger charge is -2.04. The normalized spacial score (nSPS) is 10.9. The molecule has 2 rings (SSSR count). The van der Waals surface area contributed by atoms with Crippen LogP contribution in [0.3, 0.4) is 0 Å². The van der Waals surface area contributed by atoms with Gasteiger partial charge in [0.25, 0.3) is 11.5 Å². The minimum Gasteiger partial charge on any atom is -0.481 e. The van der Waals surface area contributed by atoms with E-state index in [1.165, 1.54) is 11.3 Å². The number of nitrogens with one attached hydrogen (secondary N) is 2. The van der Waals surface area contributed by atoms with Gasteiger partial charge in [-0.3, -0.25) is 14.4 Å². The smallest absolute Gasteiger partial charge is 0.303 e. The van der Waals surface area contributed by atoms with Gasteiger partial charge in [-0.25, -0.2) is 4.98 Å². The minimum absolute atomic E-state index is 0.150. The molecular weight excluding hydrogens is 318 g/mol. The Morgan fingerprint density at radius 3 is 2.70 bits per heavy atom. The fourth-order valence-electron chi connectivity index (χ4n) is 2.33. The van der Waals surface area contributed by atoms with Crippen LogP contribution in [-0.2, 0) is 4.79 Å². The van der Waals surface area contributed by atoms with E-state index in [1.54, 1.807) is 13.8 Å². The highest BCUT2D eigenvalue weighted by Gasteiger charge is 2.18. The van der Waals surface area contributed by atoms with Gasteiger partial charge in [0, 0.05) is 13.0 Å². The van der Waals surface area contributed by atoms with Crippen LogP contribution in [0.1, 0.15) is 46.7 Å². The first-order chi connectivity index (χ1) is 10.9. The van der Waals surface area contributed by atoms with Crippen molar-refractivity contribution >= 4 is 33.4 Å². The van der Waals surface area contributed by atoms with Gasteiger partial charge in [-0.2, -0.15) is 0 Å². The van der Waals surface area contributed by atoms with Gasteiger partial charge in [0.1, 0.15) is 10.7 Å². The summed E-state index contributed by atoms with van der Waals surface area (Å²) in [5.41, 5.74) is 0.413. The predicted octanol–water partition coefficient (Wildman–Crippen LogP) is 1.98.